The van der Waals surface area contributed by atoms with Crippen molar-refractivity contribution >= 4 is 17.7 Å². The van der Waals surface area contributed by atoms with Gasteiger partial charge in [-0.15, -0.1) is 0 Å². The Morgan fingerprint density at radius 3 is 2.54 bits per heavy atom. The van der Waals surface area contributed by atoms with Gasteiger partial charge in [0, 0.05) is 12.2 Å². The van der Waals surface area contributed by atoms with Gasteiger partial charge >= 0.3 is 12.3 Å². The maximum absolute atomic E-state index is 13.1. The second-order valence-electron chi connectivity index (χ2n) is 6.82. The van der Waals surface area contributed by atoms with E-state index < -0.39 is 40.9 Å². The molecule has 1 unspecified atom stereocenters. The highest BCUT2D eigenvalue weighted by Crippen LogP contribution is 2.35. The van der Waals surface area contributed by atoms with Crippen LogP contribution < -0.4 is 10.2 Å². The highest BCUT2D eigenvalue weighted by Gasteiger charge is 2.38. The Bertz CT molecular complexity index is 763. The van der Waals surface area contributed by atoms with E-state index >= 15 is 0 Å². The summed E-state index contributed by atoms with van der Waals surface area (Å²) in [6.45, 7) is 5.16. The van der Waals surface area contributed by atoms with E-state index in [0.29, 0.717) is 0 Å². The molecule has 0 aliphatic carbocycles. The topological polar surface area (TPSA) is 82.4 Å². The predicted molar refractivity (Wildman–Crippen MR) is 86.3 cm³/mol. The quantitative estimate of drug-likeness (QED) is 0.868. The molecule has 0 aromatic heterocycles. The van der Waals surface area contributed by atoms with Gasteiger partial charge in [0.15, 0.2) is 0 Å². The SMILES string of the molecule is CC(C)(C)OC(=O)NC1CCN(c2ccc(C#N)c(C(F)(F)F)c2)C1=O. The number of hydrogen-bond acceptors (Lipinski definition) is 4. The highest BCUT2D eigenvalue weighted by molar-refractivity contribution is 6.01. The third-order valence-electron chi connectivity index (χ3n) is 3.64. The maximum atomic E-state index is 13.1. The number of nitrogens with zero attached hydrogens (tertiary/aromatic N) is 2. The Hall–Kier alpha value is -2.76. The summed E-state index contributed by atoms with van der Waals surface area (Å²) in [6, 6.07) is 3.69. The second-order valence-corrected chi connectivity index (χ2v) is 6.82. The molecule has 1 aliphatic heterocycles. The van der Waals surface area contributed by atoms with Crippen molar-refractivity contribution in [2.24, 2.45) is 0 Å². The summed E-state index contributed by atoms with van der Waals surface area (Å²) in [7, 11) is 0. The van der Waals surface area contributed by atoms with Crippen LogP contribution in [0.25, 0.3) is 0 Å². The third-order valence-corrected chi connectivity index (χ3v) is 3.64. The summed E-state index contributed by atoms with van der Waals surface area (Å²) < 4.78 is 44.3. The minimum absolute atomic E-state index is 0.0230. The van der Waals surface area contributed by atoms with E-state index in [9.17, 15) is 22.8 Å². The van der Waals surface area contributed by atoms with Gasteiger partial charge in [-0.3, -0.25) is 4.79 Å². The molecule has 1 saturated heterocycles. The molecule has 2 rings (SSSR count). The van der Waals surface area contributed by atoms with Crippen LogP contribution in [0.3, 0.4) is 0 Å². The number of anilines is 1. The molecule has 1 atom stereocenters. The van der Waals surface area contributed by atoms with Gasteiger partial charge in [-0.25, -0.2) is 4.79 Å². The first-order chi connectivity index (χ1) is 11.9. The zero-order valence-corrected chi connectivity index (χ0v) is 14.5. The van der Waals surface area contributed by atoms with Gasteiger partial charge in [0.05, 0.1) is 17.2 Å². The van der Waals surface area contributed by atoms with Crippen LogP contribution in [0.2, 0.25) is 0 Å². The Morgan fingerprint density at radius 1 is 1.35 bits per heavy atom. The van der Waals surface area contributed by atoms with Crippen LogP contribution in [0, 0.1) is 11.3 Å². The van der Waals surface area contributed by atoms with Gasteiger partial charge < -0.3 is 15.0 Å². The molecule has 1 fully saturated rings. The Balaban J connectivity index is 2.18. The molecular formula is C17H18F3N3O3. The average Bonchev–Trinajstić information content (AvgIpc) is 2.85. The minimum atomic E-state index is -4.71. The smallest absolute Gasteiger partial charge is 0.417 e. The van der Waals surface area contributed by atoms with Gasteiger partial charge in [0.25, 0.3) is 0 Å². The van der Waals surface area contributed by atoms with Crippen LogP contribution in [0.15, 0.2) is 18.2 Å². The number of amides is 2. The van der Waals surface area contributed by atoms with Crippen LogP contribution in [0.4, 0.5) is 23.7 Å². The number of rotatable bonds is 2. The molecule has 9 heteroatoms. The molecule has 0 spiro atoms. The van der Waals surface area contributed by atoms with E-state index in [0.717, 1.165) is 17.0 Å². The standard InChI is InChI=1S/C17H18F3N3O3/c1-16(2,3)26-15(25)22-13-6-7-23(14(13)24)11-5-4-10(9-21)12(8-11)17(18,19)20/h4-5,8,13H,6-7H2,1-3H3,(H,22,25). The van der Waals surface area contributed by atoms with Crippen LogP contribution in [-0.2, 0) is 15.7 Å². The zero-order valence-electron chi connectivity index (χ0n) is 14.5. The Kier molecular flexibility index (Phi) is 5.16. The lowest BCUT2D eigenvalue weighted by atomic mass is 10.1. The van der Waals surface area contributed by atoms with E-state index in [-0.39, 0.29) is 18.7 Å². The van der Waals surface area contributed by atoms with Crippen LogP contribution in [0.1, 0.15) is 38.3 Å². The van der Waals surface area contributed by atoms with Crippen LogP contribution in [0.5, 0.6) is 0 Å². The number of benzene rings is 1. The summed E-state index contributed by atoms with van der Waals surface area (Å²) in [6.07, 6.45) is -5.24. The summed E-state index contributed by atoms with van der Waals surface area (Å²) in [5.74, 6) is -0.534. The first-order valence-corrected chi connectivity index (χ1v) is 7.84. The molecular weight excluding hydrogens is 351 g/mol. The fourth-order valence-corrected chi connectivity index (χ4v) is 2.55. The molecule has 1 aliphatic rings. The molecule has 2 amide bonds. The molecule has 0 bridgehead atoms. The minimum Gasteiger partial charge on any atom is -0.444 e. The molecule has 1 N–H and O–H groups in total. The molecule has 140 valence electrons. The lowest BCUT2D eigenvalue weighted by molar-refractivity contribution is -0.137. The van der Waals surface area contributed by atoms with E-state index in [1.54, 1.807) is 20.8 Å². The van der Waals surface area contributed by atoms with Crippen molar-refractivity contribution in [3.8, 4) is 6.07 Å². The van der Waals surface area contributed by atoms with E-state index in [1.165, 1.54) is 12.1 Å². The summed E-state index contributed by atoms with van der Waals surface area (Å²) in [4.78, 5) is 25.4. The molecule has 6 nitrogen and oxygen atoms in total. The van der Waals surface area contributed by atoms with Crippen LogP contribution >= 0.6 is 0 Å². The number of halogens is 3. The highest BCUT2D eigenvalue weighted by atomic mass is 19.4. The molecule has 26 heavy (non-hydrogen) atoms. The van der Waals surface area contributed by atoms with Gasteiger partial charge in [0.1, 0.15) is 11.6 Å². The third kappa shape index (κ3) is 4.45. The Labute approximate surface area is 148 Å². The number of ether oxygens (including phenoxy) is 1. The Morgan fingerprint density at radius 2 is 2.00 bits per heavy atom. The number of alkyl halides is 3. The fraction of sp³-hybridized carbons (Fsp3) is 0.471. The number of nitrogens with one attached hydrogen (secondary N) is 1. The summed E-state index contributed by atoms with van der Waals surface area (Å²) >= 11 is 0. The van der Waals surface area contributed by atoms with Crippen molar-refractivity contribution in [3.05, 3.63) is 29.3 Å². The van der Waals surface area contributed by atoms with Crippen molar-refractivity contribution in [1.29, 1.82) is 5.26 Å². The average molecular weight is 369 g/mol. The fourth-order valence-electron chi connectivity index (χ4n) is 2.55. The number of hydrogen-bond donors (Lipinski definition) is 1. The molecule has 1 aromatic carbocycles. The van der Waals surface area contributed by atoms with E-state index in [1.807, 2.05) is 0 Å². The van der Waals surface area contributed by atoms with Crippen molar-refractivity contribution in [3.63, 3.8) is 0 Å². The predicted octanol–water partition coefficient (Wildman–Crippen LogP) is 3.21. The number of nitriles is 1. The molecule has 0 saturated carbocycles. The number of carbonyl (C=O) groups excluding carboxylic acids is 2. The van der Waals surface area contributed by atoms with E-state index in [2.05, 4.69) is 5.32 Å². The largest absolute Gasteiger partial charge is 0.444 e. The van der Waals surface area contributed by atoms with Gasteiger partial charge in [-0.1, -0.05) is 0 Å². The zero-order chi connectivity index (χ0) is 19.7. The van der Waals surface area contributed by atoms with Crippen molar-refractivity contribution in [1.82, 2.24) is 5.32 Å². The lowest BCUT2D eigenvalue weighted by Crippen LogP contribution is -2.43. The first-order valence-electron chi connectivity index (χ1n) is 7.84. The lowest BCUT2D eigenvalue weighted by Gasteiger charge is -2.22. The van der Waals surface area contributed by atoms with Crippen molar-refractivity contribution in [2.75, 3.05) is 11.4 Å². The first kappa shape index (κ1) is 19.6. The monoisotopic (exact) mass is 369 g/mol. The second kappa shape index (κ2) is 6.86. The maximum Gasteiger partial charge on any atom is 0.417 e. The molecule has 1 heterocycles. The molecule has 1 aromatic rings. The summed E-state index contributed by atoms with van der Waals surface area (Å²) in [5.41, 5.74) is -2.33. The van der Waals surface area contributed by atoms with Crippen LogP contribution in [-0.4, -0.2) is 30.2 Å². The van der Waals surface area contributed by atoms with E-state index in [4.69, 9.17) is 10.00 Å². The number of carbonyl (C=O) groups is 2. The summed E-state index contributed by atoms with van der Waals surface area (Å²) in [5, 5.41) is 11.3. The van der Waals surface area contributed by atoms with Crippen molar-refractivity contribution < 1.29 is 27.5 Å². The van der Waals surface area contributed by atoms with Gasteiger partial charge in [-0.2, -0.15) is 18.4 Å². The van der Waals surface area contributed by atoms with Crippen molar-refractivity contribution in [2.45, 2.75) is 45.0 Å². The van der Waals surface area contributed by atoms with Gasteiger partial charge in [0.2, 0.25) is 5.91 Å². The van der Waals surface area contributed by atoms with Gasteiger partial charge in [-0.05, 0) is 45.4 Å². The number of alkyl carbamates (subject to hydrolysis) is 1. The normalized spacial score (nSPS) is 17.8. The molecule has 0 radical (unpaired) electrons.